The first kappa shape index (κ1) is 34.9. The number of ether oxygens (including phenoxy) is 2. The minimum absolute atomic E-state index is 0.0249. The number of hydrogen-bond acceptors (Lipinski definition) is 12. The van der Waals surface area contributed by atoms with Gasteiger partial charge in [-0.05, 0) is 35.4 Å². The molecule has 7 N–H and O–H groups in total. The highest BCUT2D eigenvalue weighted by Crippen LogP contribution is 2.58. The van der Waals surface area contributed by atoms with Crippen LogP contribution in [0.5, 0.6) is 5.75 Å². The topological polar surface area (TPSA) is 239 Å². The second-order valence-electron chi connectivity index (χ2n) is 12.5. The van der Waals surface area contributed by atoms with Crippen molar-refractivity contribution in [3.05, 3.63) is 69.3 Å². The van der Waals surface area contributed by atoms with Crippen molar-refractivity contribution < 1.29 is 54.0 Å². The Hall–Kier alpha value is -4.45. The maximum atomic E-state index is 12.7. The van der Waals surface area contributed by atoms with E-state index in [0.29, 0.717) is 17.0 Å². The van der Waals surface area contributed by atoms with E-state index in [2.05, 4.69) is 10.6 Å². The molecule has 1 saturated heterocycles. The Balaban J connectivity index is 1.12. The van der Waals surface area contributed by atoms with Gasteiger partial charge in [-0.2, -0.15) is 0 Å². The van der Waals surface area contributed by atoms with Crippen molar-refractivity contribution in [2.45, 2.75) is 81.3 Å². The van der Waals surface area contributed by atoms with Crippen LogP contribution in [0.4, 0.5) is 11.4 Å². The van der Waals surface area contributed by atoms with Crippen LogP contribution < -0.4 is 20.9 Å². The molecule has 2 aromatic rings. The number of aliphatic hydroxyl groups is 4. The van der Waals surface area contributed by atoms with E-state index in [4.69, 9.17) is 14.3 Å². The Kier molecular flexibility index (Phi) is 9.87. The highest BCUT2D eigenvalue weighted by molar-refractivity contribution is 5.94. The normalized spacial score (nSPS) is 28.1. The number of hydrogen-bond donors (Lipinski definition) is 7. The van der Waals surface area contributed by atoms with Gasteiger partial charge in [0.2, 0.25) is 18.1 Å². The molecule has 0 radical (unpaired) electrons. The van der Waals surface area contributed by atoms with Crippen LogP contribution in [0.15, 0.2) is 42.5 Å². The van der Waals surface area contributed by atoms with Gasteiger partial charge in [-0.15, -0.1) is 0 Å². The van der Waals surface area contributed by atoms with Gasteiger partial charge in [0.05, 0.1) is 18.1 Å². The Bertz CT molecular complexity index is 1630. The standard InChI is InChI=1S/C32H38N4O12/c1-16-20-6-4-18(13-21(20)31(2,3)32(16)11-10-17-12-19(36(44)45)5-7-22(17)47-32)34-25(39)9-8-24(38)33-14-26(40)35-48-30-29(43)28(42)27(41)23(15-37)46-30/h4-7,10-13,16,23,27-30,37,41-43H,8-9,14-15H2,1-3H3,(H,33,38)(H,34,39)(H,35,40)/t16?,23-,27+,28+,29-,30+,32?/m1/s1. The molecular formula is C32H38N4O12. The number of rotatable bonds is 10. The number of hydroxylamine groups is 1. The molecule has 2 aromatic carbocycles. The highest BCUT2D eigenvalue weighted by atomic mass is 16.8. The average Bonchev–Trinajstić information content (AvgIpc) is 3.21. The lowest BCUT2D eigenvalue weighted by atomic mass is 9.70. The van der Waals surface area contributed by atoms with E-state index >= 15 is 0 Å². The van der Waals surface area contributed by atoms with Crippen LogP contribution in [0.25, 0.3) is 6.08 Å². The van der Waals surface area contributed by atoms with Crippen molar-refractivity contribution in [3.63, 3.8) is 0 Å². The number of nitro benzene ring substituents is 1. The van der Waals surface area contributed by atoms with Gasteiger partial charge in [0.1, 0.15) is 35.8 Å². The fourth-order valence-corrected chi connectivity index (χ4v) is 6.45. The third-order valence-corrected chi connectivity index (χ3v) is 9.25. The van der Waals surface area contributed by atoms with Gasteiger partial charge >= 0.3 is 0 Å². The first-order valence-corrected chi connectivity index (χ1v) is 15.3. The summed E-state index contributed by atoms with van der Waals surface area (Å²) < 4.78 is 11.7. The molecular weight excluding hydrogens is 632 g/mol. The van der Waals surface area contributed by atoms with Crippen LogP contribution in [0.3, 0.4) is 0 Å². The molecule has 1 spiro atoms. The molecule has 3 amide bonds. The maximum absolute atomic E-state index is 12.7. The van der Waals surface area contributed by atoms with E-state index in [1.165, 1.54) is 12.1 Å². The molecule has 48 heavy (non-hydrogen) atoms. The van der Waals surface area contributed by atoms with E-state index in [1.807, 2.05) is 50.5 Å². The molecule has 2 aliphatic heterocycles. The maximum Gasteiger partial charge on any atom is 0.270 e. The summed E-state index contributed by atoms with van der Waals surface area (Å²) in [5, 5.41) is 55.1. The summed E-state index contributed by atoms with van der Waals surface area (Å²) in [5.41, 5.74) is 3.70. The zero-order chi connectivity index (χ0) is 35.0. The van der Waals surface area contributed by atoms with Crippen LogP contribution in [0, 0.1) is 10.1 Å². The molecule has 2 heterocycles. The summed E-state index contributed by atoms with van der Waals surface area (Å²) in [5.74, 6) is -1.40. The SMILES string of the molecule is CC1c2ccc(NC(=O)CCC(=O)NCC(=O)NO[C@@H]3O[C@H](CO)[C@H](O)[C@H](O)[C@H]3O)cc2C(C)(C)C12C=Cc1cc([N+](=O)[O-])ccc1O2. The van der Waals surface area contributed by atoms with Gasteiger partial charge in [-0.3, -0.25) is 24.5 Å². The van der Waals surface area contributed by atoms with Crippen molar-refractivity contribution >= 4 is 35.2 Å². The number of fused-ring (bicyclic) bond motifs is 2. The number of anilines is 1. The van der Waals surface area contributed by atoms with E-state index in [9.17, 15) is 44.9 Å². The lowest BCUT2D eigenvalue weighted by Crippen LogP contribution is -2.60. The molecule has 16 nitrogen and oxygen atoms in total. The van der Waals surface area contributed by atoms with Crippen LogP contribution in [0.2, 0.25) is 0 Å². The number of benzene rings is 2. The zero-order valence-corrected chi connectivity index (χ0v) is 26.4. The summed E-state index contributed by atoms with van der Waals surface area (Å²) >= 11 is 0. The van der Waals surface area contributed by atoms with Gasteiger partial charge in [0, 0.05) is 47.6 Å². The molecule has 7 atom stereocenters. The lowest BCUT2D eigenvalue weighted by molar-refractivity contribution is -0.384. The minimum Gasteiger partial charge on any atom is -0.481 e. The fourth-order valence-electron chi connectivity index (χ4n) is 6.45. The van der Waals surface area contributed by atoms with Crippen LogP contribution in [0.1, 0.15) is 56.2 Å². The number of nitro groups is 1. The lowest BCUT2D eigenvalue weighted by Gasteiger charge is -2.44. The van der Waals surface area contributed by atoms with Crippen molar-refractivity contribution in [2.75, 3.05) is 18.5 Å². The van der Waals surface area contributed by atoms with Gasteiger partial charge < -0.3 is 40.5 Å². The molecule has 258 valence electrons. The van der Waals surface area contributed by atoms with Crippen LogP contribution in [-0.2, 0) is 29.4 Å². The van der Waals surface area contributed by atoms with Crippen molar-refractivity contribution in [1.29, 1.82) is 0 Å². The van der Waals surface area contributed by atoms with Crippen molar-refractivity contribution in [3.8, 4) is 5.75 Å². The Morgan fingerprint density at radius 1 is 1.00 bits per heavy atom. The number of non-ortho nitro benzene ring substituents is 1. The second kappa shape index (κ2) is 13.6. The highest BCUT2D eigenvalue weighted by Gasteiger charge is 2.58. The fraction of sp³-hybridized carbons (Fsp3) is 0.469. The number of aliphatic hydroxyl groups excluding tert-OH is 4. The molecule has 3 aliphatic rings. The third-order valence-electron chi connectivity index (χ3n) is 9.25. The van der Waals surface area contributed by atoms with Gasteiger partial charge in [-0.1, -0.05) is 32.9 Å². The van der Waals surface area contributed by atoms with E-state index in [-0.39, 0.29) is 24.4 Å². The zero-order valence-electron chi connectivity index (χ0n) is 26.4. The summed E-state index contributed by atoms with van der Waals surface area (Å²) in [4.78, 5) is 52.8. The van der Waals surface area contributed by atoms with E-state index < -0.39 is 77.5 Å². The quantitative estimate of drug-likeness (QED) is 0.135. The number of nitrogens with zero attached hydrogens (tertiary/aromatic N) is 1. The van der Waals surface area contributed by atoms with Crippen molar-refractivity contribution in [1.82, 2.24) is 10.8 Å². The molecule has 16 heteroatoms. The number of carbonyl (C=O) groups excluding carboxylic acids is 3. The molecule has 1 fully saturated rings. The predicted octanol–water partition coefficient (Wildman–Crippen LogP) is 0.517. The number of nitrogens with one attached hydrogen (secondary N) is 3. The smallest absolute Gasteiger partial charge is 0.270 e. The van der Waals surface area contributed by atoms with Crippen molar-refractivity contribution in [2.24, 2.45) is 0 Å². The monoisotopic (exact) mass is 670 g/mol. The molecule has 2 unspecified atom stereocenters. The molecule has 0 saturated carbocycles. The number of amides is 3. The Labute approximate surface area is 274 Å². The van der Waals surface area contributed by atoms with Gasteiger partial charge in [0.25, 0.3) is 11.6 Å². The Morgan fingerprint density at radius 2 is 1.73 bits per heavy atom. The van der Waals surface area contributed by atoms with E-state index in [1.54, 1.807) is 12.1 Å². The summed E-state index contributed by atoms with van der Waals surface area (Å²) in [6.45, 7) is 4.92. The van der Waals surface area contributed by atoms with E-state index in [0.717, 1.165) is 11.1 Å². The predicted molar refractivity (Wildman–Crippen MR) is 167 cm³/mol. The average molecular weight is 671 g/mol. The van der Waals surface area contributed by atoms with Crippen LogP contribution in [-0.4, -0.2) is 92.5 Å². The van der Waals surface area contributed by atoms with Crippen LogP contribution >= 0.6 is 0 Å². The molecule has 5 rings (SSSR count). The number of carbonyl (C=O) groups is 3. The Morgan fingerprint density at radius 3 is 2.44 bits per heavy atom. The van der Waals surface area contributed by atoms with Gasteiger partial charge in [0.15, 0.2) is 0 Å². The molecule has 0 aromatic heterocycles. The third kappa shape index (κ3) is 6.50. The molecule has 0 bridgehead atoms. The minimum atomic E-state index is -1.72. The molecule has 1 aliphatic carbocycles. The largest absolute Gasteiger partial charge is 0.481 e. The first-order valence-electron chi connectivity index (χ1n) is 15.3. The summed E-state index contributed by atoms with van der Waals surface area (Å²) in [6.07, 6.45) is -4.42. The second-order valence-corrected chi connectivity index (χ2v) is 12.5. The summed E-state index contributed by atoms with van der Waals surface area (Å²) in [7, 11) is 0. The van der Waals surface area contributed by atoms with Gasteiger partial charge in [-0.25, -0.2) is 10.3 Å². The first-order chi connectivity index (χ1) is 22.7. The summed E-state index contributed by atoms with van der Waals surface area (Å²) in [6, 6.07) is 10.1.